The number of hydrogen-bond acceptors (Lipinski definition) is 14. The third kappa shape index (κ3) is 17.3. The van der Waals surface area contributed by atoms with Crippen molar-refractivity contribution in [2.75, 3.05) is 26.2 Å². The first-order valence-electron chi connectivity index (χ1n) is 20.5. The summed E-state index contributed by atoms with van der Waals surface area (Å²) in [5.74, 6) is -6.93. The summed E-state index contributed by atoms with van der Waals surface area (Å²) in [6, 6.07) is -2.35. The predicted octanol–water partition coefficient (Wildman–Crippen LogP) is -5.68. The zero-order valence-corrected chi connectivity index (χ0v) is 35.3. The van der Waals surface area contributed by atoms with Gasteiger partial charge in [-0.2, -0.15) is 0 Å². The van der Waals surface area contributed by atoms with Gasteiger partial charge in [0.2, 0.25) is 47.3 Å². The van der Waals surface area contributed by atoms with Crippen LogP contribution in [0.4, 0.5) is 0 Å². The number of benzene rings is 1. The molecule has 1 aliphatic heterocycles. The fraction of sp³-hybridized carbons (Fsp3) is 0.641. The molecular formula is C39H66N12O10. The van der Waals surface area contributed by atoms with E-state index in [4.69, 9.17) is 22.9 Å². The summed E-state index contributed by atoms with van der Waals surface area (Å²) >= 11 is 0. The van der Waals surface area contributed by atoms with Crippen LogP contribution in [-0.4, -0.2) is 144 Å². The van der Waals surface area contributed by atoms with Gasteiger partial charge in [0.25, 0.3) is 0 Å². The number of carbonyl (C=O) groups excluding carboxylic acids is 8. The third-order valence-corrected chi connectivity index (χ3v) is 9.77. The van der Waals surface area contributed by atoms with Gasteiger partial charge >= 0.3 is 0 Å². The van der Waals surface area contributed by atoms with E-state index < -0.39 is 108 Å². The summed E-state index contributed by atoms with van der Waals surface area (Å²) < 4.78 is 0. The molecule has 1 fully saturated rings. The first kappa shape index (κ1) is 51.9. The Balaban J connectivity index is 2.69. The highest BCUT2D eigenvalue weighted by molar-refractivity contribution is 5.98. The molecule has 2 rings (SSSR count). The number of rotatable bonds is 16. The first-order chi connectivity index (χ1) is 28.8. The zero-order chi connectivity index (χ0) is 45.8. The number of nitrogens with two attached hydrogens (primary N) is 4. The van der Waals surface area contributed by atoms with Crippen LogP contribution >= 0.6 is 0 Å². The van der Waals surface area contributed by atoms with E-state index in [1.54, 1.807) is 30.3 Å². The van der Waals surface area contributed by atoms with Crippen molar-refractivity contribution in [3.8, 4) is 0 Å². The van der Waals surface area contributed by atoms with Crippen LogP contribution in [0.5, 0.6) is 0 Å². The van der Waals surface area contributed by atoms with E-state index in [1.807, 2.05) is 13.8 Å². The largest absolute Gasteiger partial charge is 0.391 e. The summed E-state index contributed by atoms with van der Waals surface area (Å²) in [5.41, 5.74) is 23.7. The van der Waals surface area contributed by atoms with Gasteiger partial charge in [-0.3, -0.25) is 38.4 Å². The van der Waals surface area contributed by atoms with Crippen LogP contribution < -0.4 is 65.5 Å². The summed E-state index contributed by atoms with van der Waals surface area (Å²) in [7, 11) is 0. The SMILES string of the molecule is CC(C)C[C@@H]1NC(=O)[C@@H](Cc2ccccc2)NC(=O)[C@@H](NC(=O)[C@H](CCN)NC(=O)[C@@H](N)[C@@H](C)O)CCNC(=O)[C@H]([C@@H](C)O)NC(=O)[C@H](CCN)NC(=O)[C@H](CCN)NC1=O. The van der Waals surface area contributed by atoms with Crippen LogP contribution in [0.1, 0.15) is 65.4 Å². The lowest BCUT2D eigenvalue weighted by Crippen LogP contribution is -2.62. The molecular weight excluding hydrogens is 797 g/mol. The summed E-state index contributed by atoms with van der Waals surface area (Å²) in [6.07, 6.45) is -3.32. The number of hydrogen-bond donors (Lipinski definition) is 14. The molecule has 0 unspecified atom stereocenters. The monoisotopic (exact) mass is 863 g/mol. The smallest absolute Gasteiger partial charge is 0.245 e. The van der Waals surface area contributed by atoms with Gasteiger partial charge in [-0.05, 0) is 77.1 Å². The Labute approximate surface area is 355 Å². The van der Waals surface area contributed by atoms with Gasteiger partial charge in [0, 0.05) is 13.0 Å². The fourth-order valence-electron chi connectivity index (χ4n) is 6.29. The minimum Gasteiger partial charge on any atom is -0.391 e. The zero-order valence-electron chi connectivity index (χ0n) is 35.3. The second kappa shape index (κ2) is 26.2. The molecule has 61 heavy (non-hydrogen) atoms. The molecule has 22 nitrogen and oxygen atoms in total. The topological polar surface area (TPSA) is 377 Å². The number of nitrogens with one attached hydrogen (secondary N) is 8. The molecule has 0 aliphatic carbocycles. The van der Waals surface area contributed by atoms with Crippen LogP contribution in [0.25, 0.3) is 0 Å². The molecule has 1 aromatic rings. The lowest BCUT2D eigenvalue weighted by atomic mass is 10.00. The highest BCUT2D eigenvalue weighted by Gasteiger charge is 2.36. The van der Waals surface area contributed by atoms with Gasteiger partial charge < -0.3 is 75.7 Å². The molecule has 1 aromatic carbocycles. The second-order valence-electron chi connectivity index (χ2n) is 15.5. The Bertz CT molecular complexity index is 1630. The third-order valence-electron chi connectivity index (χ3n) is 9.77. The van der Waals surface area contributed by atoms with Crippen LogP contribution in [0.2, 0.25) is 0 Å². The highest BCUT2D eigenvalue weighted by atomic mass is 16.3. The Kier molecular flexibility index (Phi) is 22.2. The van der Waals surface area contributed by atoms with E-state index in [1.165, 1.54) is 13.8 Å². The van der Waals surface area contributed by atoms with Crippen molar-refractivity contribution in [1.29, 1.82) is 0 Å². The van der Waals surface area contributed by atoms with Crippen molar-refractivity contribution in [2.45, 2.75) is 127 Å². The normalized spacial score (nSPS) is 24.6. The van der Waals surface area contributed by atoms with Crippen LogP contribution in [0, 0.1) is 5.92 Å². The van der Waals surface area contributed by atoms with Crippen LogP contribution in [-0.2, 0) is 44.8 Å². The maximum Gasteiger partial charge on any atom is 0.245 e. The number of aliphatic hydroxyl groups is 2. The van der Waals surface area contributed by atoms with E-state index in [0.717, 1.165) is 0 Å². The Morgan fingerprint density at radius 2 is 1.23 bits per heavy atom. The predicted molar refractivity (Wildman–Crippen MR) is 223 cm³/mol. The van der Waals surface area contributed by atoms with E-state index in [0.29, 0.717) is 5.56 Å². The molecule has 342 valence electrons. The number of aliphatic hydroxyl groups excluding tert-OH is 2. The molecule has 0 aromatic heterocycles. The minimum absolute atomic E-state index is 0.0603. The van der Waals surface area contributed by atoms with Gasteiger partial charge in [0.15, 0.2) is 0 Å². The summed E-state index contributed by atoms with van der Waals surface area (Å²) in [5, 5.41) is 40.8. The van der Waals surface area contributed by atoms with Crippen LogP contribution in [0.15, 0.2) is 30.3 Å². The average molecular weight is 863 g/mol. The van der Waals surface area contributed by atoms with E-state index >= 15 is 0 Å². The average Bonchev–Trinajstić information content (AvgIpc) is 3.20. The number of carbonyl (C=O) groups is 8. The van der Waals surface area contributed by atoms with Gasteiger partial charge in [-0.15, -0.1) is 0 Å². The molecule has 1 saturated heterocycles. The standard InChI is InChI=1S/C39H66N12O10/c1-20(2)18-28-36(58)46-24(10-14-40)32(54)45-26(12-16-42)35(57)51-31(22(4)53)39(61)44-17-13-27(47-33(55)25(11-15-41)48-38(60)30(43)21(3)52)34(56)50-29(37(59)49-28)19-23-8-6-5-7-9-23/h5-9,20-22,24-31,52-53H,10-19,40-43H2,1-4H3,(H,44,61)(H,45,54)(H,46,58)(H,47,55)(H,48,60)(H,49,59)(H,50,56)(H,51,57)/t21-,22-,24+,25+,26+,27+,28+,29-,30+,31+/m1/s1. The van der Waals surface area contributed by atoms with Crippen molar-refractivity contribution in [1.82, 2.24) is 42.5 Å². The second-order valence-corrected chi connectivity index (χ2v) is 15.5. The summed E-state index contributed by atoms with van der Waals surface area (Å²) in [4.78, 5) is 109. The molecule has 0 bridgehead atoms. The molecule has 22 heteroatoms. The Morgan fingerprint density at radius 1 is 0.705 bits per heavy atom. The van der Waals surface area contributed by atoms with Gasteiger partial charge in [-0.25, -0.2) is 0 Å². The van der Waals surface area contributed by atoms with Crippen molar-refractivity contribution in [3.05, 3.63) is 35.9 Å². The van der Waals surface area contributed by atoms with Crippen molar-refractivity contribution in [2.24, 2.45) is 28.9 Å². The van der Waals surface area contributed by atoms with E-state index in [2.05, 4.69) is 42.5 Å². The minimum atomic E-state index is -1.57. The van der Waals surface area contributed by atoms with Gasteiger partial charge in [-0.1, -0.05) is 44.2 Å². The fourth-order valence-corrected chi connectivity index (χ4v) is 6.29. The van der Waals surface area contributed by atoms with Crippen molar-refractivity contribution >= 4 is 47.3 Å². The van der Waals surface area contributed by atoms with E-state index in [9.17, 15) is 48.6 Å². The van der Waals surface area contributed by atoms with Crippen LogP contribution in [0.3, 0.4) is 0 Å². The van der Waals surface area contributed by atoms with E-state index in [-0.39, 0.29) is 70.6 Å². The highest BCUT2D eigenvalue weighted by Crippen LogP contribution is 2.11. The Hall–Kier alpha value is -5.26. The Morgan fingerprint density at radius 3 is 1.75 bits per heavy atom. The lowest BCUT2D eigenvalue weighted by molar-refractivity contribution is -0.136. The number of amides is 8. The molecule has 1 aliphatic rings. The quantitative estimate of drug-likeness (QED) is 0.0737. The first-order valence-corrected chi connectivity index (χ1v) is 20.5. The lowest BCUT2D eigenvalue weighted by Gasteiger charge is -2.29. The van der Waals surface area contributed by atoms with Gasteiger partial charge in [0.1, 0.15) is 48.3 Å². The van der Waals surface area contributed by atoms with Crippen molar-refractivity contribution in [3.63, 3.8) is 0 Å². The van der Waals surface area contributed by atoms with Crippen molar-refractivity contribution < 1.29 is 48.6 Å². The maximum absolute atomic E-state index is 14.2. The molecule has 0 saturated carbocycles. The maximum atomic E-state index is 14.2. The molecule has 10 atom stereocenters. The molecule has 0 radical (unpaired) electrons. The summed E-state index contributed by atoms with van der Waals surface area (Å²) in [6.45, 7) is 5.58. The molecule has 0 spiro atoms. The molecule has 1 heterocycles. The molecule has 8 amide bonds. The molecule has 18 N–H and O–H groups in total. The van der Waals surface area contributed by atoms with Gasteiger partial charge in [0.05, 0.1) is 12.2 Å².